The Kier molecular flexibility index (Phi) is 4.63. The van der Waals surface area contributed by atoms with Crippen LogP contribution in [0.15, 0.2) is 29.3 Å². The first-order valence-corrected chi connectivity index (χ1v) is 8.12. The molecule has 21 heavy (non-hydrogen) atoms. The summed E-state index contributed by atoms with van der Waals surface area (Å²) in [6.45, 7) is 0.625. The number of rotatable bonds is 3. The summed E-state index contributed by atoms with van der Waals surface area (Å²) in [6.07, 6.45) is 8.77. The summed E-state index contributed by atoms with van der Waals surface area (Å²) in [7, 11) is 0. The van der Waals surface area contributed by atoms with Crippen molar-refractivity contribution in [2.75, 3.05) is 6.54 Å². The van der Waals surface area contributed by atoms with Gasteiger partial charge in [-0.3, -0.25) is 0 Å². The Bertz CT molecular complexity index is 468. The summed E-state index contributed by atoms with van der Waals surface area (Å²) in [5.74, 6) is 1.56. The van der Waals surface area contributed by atoms with E-state index in [4.69, 9.17) is 10.5 Å². The Labute approximate surface area is 126 Å². The lowest BCUT2D eigenvalue weighted by Gasteiger charge is -2.17. The molecule has 1 heterocycles. The first kappa shape index (κ1) is 14.2. The quantitative estimate of drug-likeness (QED) is 0.510. The lowest BCUT2D eigenvalue weighted by Crippen LogP contribution is -2.40. The van der Waals surface area contributed by atoms with Gasteiger partial charge in [-0.15, -0.1) is 0 Å². The normalized spacial score (nSPS) is 23.2. The van der Waals surface area contributed by atoms with E-state index < -0.39 is 0 Å². The molecule has 1 aliphatic heterocycles. The smallest absolute Gasteiger partial charge is 0.188 e. The van der Waals surface area contributed by atoms with Crippen LogP contribution in [-0.2, 0) is 6.42 Å². The fourth-order valence-electron chi connectivity index (χ4n) is 3.23. The van der Waals surface area contributed by atoms with Gasteiger partial charge in [0.05, 0.1) is 6.54 Å². The van der Waals surface area contributed by atoms with Gasteiger partial charge in [0, 0.05) is 12.5 Å². The van der Waals surface area contributed by atoms with E-state index in [1.807, 2.05) is 12.1 Å². The fourth-order valence-corrected chi connectivity index (χ4v) is 3.23. The van der Waals surface area contributed by atoms with Crippen molar-refractivity contribution >= 4 is 5.96 Å². The molecule has 0 saturated heterocycles. The summed E-state index contributed by atoms with van der Waals surface area (Å²) in [4.78, 5) is 4.47. The molecule has 1 aromatic rings. The summed E-state index contributed by atoms with van der Waals surface area (Å²) < 4.78 is 5.88. The molecular formula is C17H25N3O. The van der Waals surface area contributed by atoms with Crippen LogP contribution in [0.1, 0.15) is 44.1 Å². The summed E-state index contributed by atoms with van der Waals surface area (Å²) in [6, 6.07) is 8.69. The van der Waals surface area contributed by atoms with Crippen molar-refractivity contribution in [1.82, 2.24) is 5.32 Å². The van der Waals surface area contributed by atoms with Gasteiger partial charge < -0.3 is 15.8 Å². The number of aliphatic imine (C=N–C) groups is 1. The molecule has 3 N–H and O–H groups in total. The zero-order valence-electron chi connectivity index (χ0n) is 12.6. The summed E-state index contributed by atoms with van der Waals surface area (Å²) in [5.41, 5.74) is 7.29. The van der Waals surface area contributed by atoms with Crippen LogP contribution in [0.2, 0.25) is 0 Å². The number of hydrogen-bond donors (Lipinski definition) is 2. The second kappa shape index (κ2) is 6.83. The van der Waals surface area contributed by atoms with Crippen LogP contribution in [0.4, 0.5) is 0 Å². The van der Waals surface area contributed by atoms with Gasteiger partial charge in [-0.05, 0) is 24.5 Å². The standard InChI is InChI=1S/C17H25N3O/c18-17(20-14-8-3-1-2-4-9-14)19-12-15-11-13-7-5-6-10-16(13)21-15/h5-7,10,14-15H,1-4,8-9,11-12H2,(H3,18,19,20). The highest BCUT2D eigenvalue weighted by atomic mass is 16.5. The molecule has 0 radical (unpaired) electrons. The lowest BCUT2D eigenvalue weighted by molar-refractivity contribution is 0.241. The third-order valence-electron chi connectivity index (χ3n) is 4.39. The van der Waals surface area contributed by atoms with Gasteiger partial charge in [0.1, 0.15) is 11.9 Å². The van der Waals surface area contributed by atoms with E-state index in [-0.39, 0.29) is 6.10 Å². The third kappa shape index (κ3) is 3.90. The van der Waals surface area contributed by atoms with Crippen molar-refractivity contribution < 1.29 is 4.74 Å². The largest absolute Gasteiger partial charge is 0.488 e. The average molecular weight is 287 g/mol. The molecule has 1 aliphatic carbocycles. The van der Waals surface area contributed by atoms with Crippen molar-refractivity contribution in [2.24, 2.45) is 10.7 Å². The lowest BCUT2D eigenvalue weighted by atomic mass is 10.1. The van der Waals surface area contributed by atoms with Gasteiger partial charge in [0.15, 0.2) is 5.96 Å². The molecule has 0 amide bonds. The zero-order valence-corrected chi connectivity index (χ0v) is 12.6. The minimum Gasteiger partial charge on any atom is -0.488 e. The Morgan fingerprint density at radius 3 is 2.71 bits per heavy atom. The zero-order chi connectivity index (χ0) is 14.5. The SMILES string of the molecule is NC(=NCC1Cc2ccccc2O1)NC1CCCCCC1. The Morgan fingerprint density at radius 1 is 1.19 bits per heavy atom. The number of fused-ring (bicyclic) bond motifs is 1. The van der Waals surface area contributed by atoms with Gasteiger partial charge in [-0.25, -0.2) is 4.99 Å². The molecule has 0 bridgehead atoms. The van der Waals surface area contributed by atoms with Crippen LogP contribution >= 0.6 is 0 Å². The predicted octanol–water partition coefficient (Wildman–Crippen LogP) is 2.62. The molecule has 1 aromatic carbocycles. The highest BCUT2D eigenvalue weighted by molar-refractivity contribution is 5.78. The number of nitrogens with one attached hydrogen (secondary N) is 1. The van der Waals surface area contributed by atoms with Crippen molar-refractivity contribution in [3.05, 3.63) is 29.8 Å². The number of hydrogen-bond acceptors (Lipinski definition) is 2. The number of para-hydroxylation sites is 1. The van der Waals surface area contributed by atoms with Gasteiger partial charge in [0.2, 0.25) is 0 Å². The summed E-state index contributed by atoms with van der Waals surface area (Å²) >= 11 is 0. The van der Waals surface area contributed by atoms with Crippen LogP contribution < -0.4 is 15.8 Å². The van der Waals surface area contributed by atoms with Crippen LogP contribution in [0.3, 0.4) is 0 Å². The number of benzene rings is 1. The van der Waals surface area contributed by atoms with Crippen molar-refractivity contribution in [3.63, 3.8) is 0 Å². The molecule has 1 atom stereocenters. The van der Waals surface area contributed by atoms with Gasteiger partial charge in [-0.1, -0.05) is 43.9 Å². The molecule has 1 fully saturated rings. The Morgan fingerprint density at radius 2 is 1.95 bits per heavy atom. The first-order chi connectivity index (χ1) is 10.3. The molecule has 0 aromatic heterocycles. The molecule has 114 valence electrons. The van der Waals surface area contributed by atoms with E-state index in [2.05, 4.69) is 22.4 Å². The van der Waals surface area contributed by atoms with E-state index in [9.17, 15) is 0 Å². The van der Waals surface area contributed by atoms with Crippen LogP contribution in [0, 0.1) is 0 Å². The van der Waals surface area contributed by atoms with Gasteiger partial charge in [0.25, 0.3) is 0 Å². The van der Waals surface area contributed by atoms with Crippen molar-refractivity contribution in [3.8, 4) is 5.75 Å². The van der Waals surface area contributed by atoms with E-state index in [0.717, 1.165) is 12.2 Å². The van der Waals surface area contributed by atoms with Crippen LogP contribution in [0.25, 0.3) is 0 Å². The second-order valence-corrected chi connectivity index (χ2v) is 6.11. The molecular weight excluding hydrogens is 262 g/mol. The van der Waals surface area contributed by atoms with Crippen LogP contribution in [-0.4, -0.2) is 24.7 Å². The fraction of sp³-hybridized carbons (Fsp3) is 0.588. The van der Waals surface area contributed by atoms with E-state index in [0.29, 0.717) is 18.5 Å². The molecule has 0 spiro atoms. The highest BCUT2D eigenvalue weighted by Crippen LogP contribution is 2.28. The van der Waals surface area contributed by atoms with Crippen LogP contribution in [0.5, 0.6) is 5.75 Å². The maximum Gasteiger partial charge on any atom is 0.188 e. The highest BCUT2D eigenvalue weighted by Gasteiger charge is 2.22. The average Bonchev–Trinajstić information content (AvgIpc) is 2.74. The Balaban J connectivity index is 1.48. The third-order valence-corrected chi connectivity index (χ3v) is 4.39. The van der Waals surface area contributed by atoms with E-state index in [1.54, 1.807) is 0 Å². The number of nitrogens with two attached hydrogens (primary N) is 1. The predicted molar refractivity (Wildman–Crippen MR) is 85.7 cm³/mol. The minimum absolute atomic E-state index is 0.122. The second-order valence-electron chi connectivity index (χ2n) is 6.11. The monoisotopic (exact) mass is 287 g/mol. The minimum atomic E-state index is 0.122. The topological polar surface area (TPSA) is 59.6 Å². The number of nitrogens with zero attached hydrogens (tertiary/aromatic N) is 1. The van der Waals surface area contributed by atoms with E-state index >= 15 is 0 Å². The number of ether oxygens (including phenoxy) is 1. The van der Waals surface area contributed by atoms with Gasteiger partial charge >= 0.3 is 0 Å². The molecule has 1 saturated carbocycles. The Hall–Kier alpha value is -1.71. The van der Waals surface area contributed by atoms with Crippen molar-refractivity contribution in [2.45, 2.75) is 57.1 Å². The van der Waals surface area contributed by atoms with E-state index in [1.165, 1.54) is 44.1 Å². The molecule has 2 aliphatic rings. The van der Waals surface area contributed by atoms with Crippen molar-refractivity contribution in [1.29, 1.82) is 0 Å². The molecule has 1 unspecified atom stereocenters. The maximum atomic E-state index is 6.02. The van der Waals surface area contributed by atoms with Gasteiger partial charge in [-0.2, -0.15) is 0 Å². The molecule has 4 heteroatoms. The molecule has 3 rings (SSSR count). The number of guanidine groups is 1. The molecule has 4 nitrogen and oxygen atoms in total. The first-order valence-electron chi connectivity index (χ1n) is 8.12. The summed E-state index contributed by atoms with van der Waals surface area (Å²) in [5, 5.41) is 3.38. The maximum absolute atomic E-state index is 6.02.